The van der Waals surface area contributed by atoms with Crippen LogP contribution in [0.25, 0.3) is 0 Å². The number of aryl methyl sites for hydroxylation is 1. The number of fused-ring (bicyclic) bond motifs is 1. The van der Waals surface area contributed by atoms with Gasteiger partial charge in [0.2, 0.25) is 0 Å². The summed E-state index contributed by atoms with van der Waals surface area (Å²) in [4.78, 5) is 25.7. The van der Waals surface area contributed by atoms with Crippen LogP contribution in [0.1, 0.15) is 47.7 Å². The van der Waals surface area contributed by atoms with E-state index in [1.807, 2.05) is 4.90 Å². The molecule has 0 spiro atoms. The Bertz CT molecular complexity index is 797. The number of rotatable bonds is 3. The van der Waals surface area contributed by atoms with Crippen LogP contribution in [0, 0.1) is 0 Å². The normalized spacial score (nSPS) is 13.5. The molecule has 0 saturated carbocycles. The number of urea groups is 1. The van der Waals surface area contributed by atoms with Crippen molar-refractivity contribution in [3.05, 3.63) is 59.2 Å². The van der Waals surface area contributed by atoms with Gasteiger partial charge in [0.05, 0.1) is 0 Å². The van der Waals surface area contributed by atoms with Crippen molar-refractivity contribution < 1.29 is 9.59 Å². The molecular weight excluding hydrogens is 314 g/mol. The first-order chi connectivity index (χ1) is 12.0. The number of amides is 3. The van der Waals surface area contributed by atoms with Crippen LogP contribution in [-0.2, 0) is 6.42 Å². The molecule has 5 heteroatoms. The minimum atomic E-state index is -0.620. The molecule has 1 aliphatic heterocycles. The third-order valence-electron chi connectivity index (χ3n) is 4.53. The Balaban J connectivity index is 1.85. The average molecular weight is 337 g/mol. The van der Waals surface area contributed by atoms with Gasteiger partial charge in [-0.2, -0.15) is 0 Å². The van der Waals surface area contributed by atoms with Gasteiger partial charge in [-0.15, -0.1) is 0 Å². The van der Waals surface area contributed by atoms with E-state index in [0.29, 0.717) is 23.7 Å². The van der Waals surface area contributed by atoms with Gasteiger partial charge in [-0.25, -0.2) is 4.79 Å². The largest absolute Gasteiger partial charge is 0.351 e. The zero-order chi connectivity index (χ0) is 18.0. The van der Waals surface area contributed by atoms with Crippen LogP contribution in [0.4, 0.5) is 16.2 Å². The number of hydrogen-bond acceptors (Lipinski definition) is 2. The molecule has 1 heterocycles. The molecule has 2 aromatic carbocycles. The molecule has 25 heavy (non-hydrogen) atoms. The van der Waals surface area contributed by atoms with Crippen molar-refractivity contribution >= 4 is 23.3 Å². The lowest BCUT2D eigenvalue weighted by molar-refractivity contribution is 0.0985. The molecule has 2 aromatic rings. The van der Waals surface area contributed by atoms with E-state index in [9.17, 15) is 9.59 Å². The molecule has 0 unspecified atom stereocenters. The van der Waals surface area contributed by atoms with E-state index in [-0.39, 0.29) is 5.91 Å². The fourth-order valence-corrected chi connectivity index (χ4v) is 3.18. The molecule has 0 fully saturated rings. The quantitative estimate of drug-likeness (QED) is 0.891. The zero-order valence-electron chi connectivity index (χ0n) is 14.6. The second-order valence-electron chi connectivity index (χ2n) is 6.67. The number of anilines is 2. The Morgan fingerprint density at radius 3 is 2.48 bits per heavy atom. The summed E-state index contributed by atoms with van der Waals surface area (Å²) in [5, 5.41) is 2.50. The van der Waals surface area contributed by atoms with Crippen LogP contribution in [0.3, 0.4) is 0 Å². The highest BCUT2D eigenvalue weighted by Crippen LogP contribution is 2.31. The molecule has 130 valence electrons. The maximum absolute atomic E-state index is 12.9. The number of primary amides is 1. The number of benzene rings is 2. The highest BCUT2D eigenvalue weighted by atomic mass is 16.2. The summed E-state index contributed by atoms with van der Waals surface area (Å²) in [7, 11) is 0. The zero-order valence-corrected chi connectivity index (χ0v) is 14.6. The summed E-state index contributed by atoms with van der Waals surface area (Å²) in [5.41, 5.74) is 9.80. The minimum absolute atomic E-state index is 0.0242. The van der Waals surface area contributed by atoms with Crippen molar-refractivity contribution in [2.45, 2.75) is 32.6 Å². The van der Waals surface area contributed by atoms with Crippen molar-refractivity contribution in [3.8, 4) is 0 Å². The van der Waals surface area contributed by atoms with Gasteiger partial charge in [-0.3, -0.25) is 4.79 Å². The molecule has 0 bridgehead atoms. The highest BCUT2D eigenvalue weighted by Gasteiger charge is 2.24. The number of nitrogens with two attached hydrogens (primary N) is 1. The molecule has 3 rings (SSSR count). The molecule has 0 atom stereocenters. The van der Waals surface area contributed by atoms with Gasteiger partial charge in [0.15, 0.2) is 0 Å². The average Bonchev–Trinajstić information content (AvgIpc) is 2.60. The van der Waals surface area contributed by atoms with Gasteiger partial charge in [0, 0.05) is 23.5 Å². The first kappa shape index (κ1) is 17.0. The first-order valence-electron chi connectivity index (χ1n) is 8.57. The Hall–Kier alpha value is -2.82. The Labute approximate surface area is 147 Å². The van der Waals surface area contributed by atoms with E-state index in [1.54, 1.807) is 24.3 Å². The van der Waals surface area contributed by atoms with Crippen LogP contribution < -0.4 is 16.0 Å². The maximum Gasteiger partial charge on any atom is 0.316 e. The van der Waals surface area contributed by atoms with E-state index in [1.165, 1.54) is 11.1 Å². The topological polar surface area (TPSA) is 75.4 Å². The van der Waals surface area contributed by atoms with E-state index in [4.69, 9.17) is 5.73 Å². The van der Waals surface area contributed by atoms with E-state index < -0.39 is 6.03 Å². The number of hydrogen-bond donors (Lipinski definition) is 2. The van der Waals surface area contributed by atoms with Crippen molar-refractivity contribution in [1.29, 1.82) is 0 Å². The molecule has 0 radical (unpaired) electrons. The van der Waals surface area contributed by atoms with Gasteiger partial charge in [-0.1, -0.05) is 26.0 Å². The monoisotopic (exact) mass is 337 g/mol. The van der Waals surface area contributed by atoms with Gasteiger partial charge in [0.25, 0.3) is 5.91 Å². The Kier molecular flexibility index (Phi) is 4.74. The van der Waals surface area contributed by atoms with Crippen LogP contribution in [0.2, 0.25) is 0 Å². The van der Waals surface area contributed by atoms with Crippen LogP contribution >= 0.6 is 0 Å². The maximum atomic E-state index is 12.9. The van der Waals surface area contributed by atoms with Crippen LogP contribution in [-0.4, -0.2) is 18.5 Å². The van der Waals surface area contributed by atoms with Crippen LogP contribution in [0.5, 0.6) is 0 Å². The molecule has 3 amide bonds. The number of carbonyl (C=O) groups excluding carboxylic acids is 2. The fraction of sp³-hybridized carbons (Fsp3) is 0.300. The Morgan fingerprint density at radius 1 is 1.12 bits per heavy atom. The predicted octanol–water partition coefficient (Wildman–Crippen LogP) is 3.89. The second-order valence-corrected chi connectivity index (χ2v) is 6.67. The molecule has 0 aromatic heterocycles. The molecule has 0 aliphatic carbocycles. The van der Waals surface area contributed by atoms with Crippen molar-refractivity contribution in [3.63, 3.8) is 0 Å². The minimum Gasteiger partial charge on any atom is -0.351 e. The van der Waals surface area contributed by atoms with Gasteiger partial charge < -0.3 is 16.0 Å². The third-order valence-corrected chi connectivity index (χ3v) is 4.53. The summed E-state index contributed by atoms with van der Waals surface area (Å²) in [5.74, 6) is 0.450. The van der Waals surface area contributed by atoms with Gasteiger partial charge in [-0.05, 0) is 60.2 Å². The van der Waals surface area contributed by atoms with E-state index in [2.05, 4.69) is 37.4 Å². The summed E-state index contributed by atoms with van der Waals surface area (Å²) in [6.07, 6.45) is 1.96. The summed E-state index contributed by atoms with van der Waals surface area (Å²) in [6.45, 7) is 5.07. The van der Waals surface area contributed by atoms with Crippen LogP contribution in [0.15, 0.2) is 42.5 Å². The standard InChI is InChI=1S/C20H23N3O2/c1-13(2)15-7-10-18-16(12-15)4-3-11-23(18)19(24)14-5-8-17(9-6-14)22-20(21)25/h5-10,12-13H,3-4,11H2,1-2H3,(H3,21,22,25). The number of nitrogens with zero attached hydrogens (tertiary/aromatic N) is 1. The summed E-state index contributed by atoms with van der Waals surface area (Å²) >= 11 is 0. The van der Waals surface area contributed by atoms with E-state index >= 15 is 0 Å². The lowest BCUT2D eigenvalue weighted by atomic mass is 9.94. The van der Waals surface area contributed by atoms with Crippen molar-refractivity contribution in [2.24, 2.45) is 5.73 Å². The van der Waals surface area contributed by atoms with Gasteiger partial charge >= 0.3 is 6.03 Å². The highest BCUT2D eigenvalue weighted by molar-refractivity contribution is 6.07. The molecule has 1 aliphatic rings. The van der Waals surface area contributed by atoms with Gasteiger partial charge in [0.1, 0.15) is 0 Å². The van der Waals surface area contributed by atoms with E-state index in [0.717, 1.165) is 18.5 Å². The summed E-state index contributed by atoms with van der Waals surface area (Å²) < 4.78 is 0. The Morgan fingerprint density at radius 2 is 1.84 bits per heavy atom. The predicted molar refractivity (Wildman–Crippen MR) is 100 cm³/mol. The third kappa shape index (κ3) is 3.65. The first-order valence-corrected chi connectivity index (χ1v) is 8.57. The number of nitrogens with one attached hydrogen (secondary N) is 1. The lowest BCUT2D eigenvalue weighted by Gasteiger charge is -2.30. The van der Waals surface area contributed by atoms with Crippen molar-refractivity contribution in [1.82, 2.24) is 0 Å². The molecule has 3 N–H and O–H groups in total. The smallest absolute Gasteiger partial charge is 0.316 e. The second kappa shape index (κ2) is 6.97. The molecule has 5 nitrogen and oxygen atoms in total. The summed E-state index contributed by atoms with van der Waals surface area (Å²) in [6, 6.07) is 12.6. The molecular formula is C20H23N3O2. The lowest BCUT2D eigenvalue weighted by Crippen LogP contribution is -2.35. The number of carbonyl (C=O) groups is 2. The fourth-order valence-electron chi connectivity index (χ4n) is 3.18. The van der Waals surface area contributed by atoms with Crippen molar-refractivity contribution in [2.75, 3.05) is 16.8 Å². The molecule has 0 saturated heterocycles. The SMILES string of the molecule is CC(C)c1ccc2c(c1)CCCN2C(=O)c1ccc(NC(N)=O)cc1.